The smallest absolute Gasteiger partial charge is 0.247 e. The summed E-state index contributed by atoms with van der Waals surface area (Å²) in [5.41, 5.74) is 0.809. The van der Waals surface area contributed by atoms with E-state index in [1.54, 1.807) is 6.07 Å². The molecule has 2 rings (SSSR count). The first-order valence-electron chi connectivity index (χ1n) is 5.68. The first-order chi connectivity index (χ1) is 8.69. The second-order valence-corrected chi connectivity index (χ2v) is 5.19. The van der Waals surface area contributed by atoms with Crippen molar-refractivity contribution in [1.82, 2.24) is 15.5 Å². The molecule has 0 radical (unpaired) electrons. The lowest BCUT2D eigenvalue weighted by molar-refractivity contribution is 0.477. The lowest BCUT2D eigenvalue weighted by atomic mass is 10.2. The van der Waals surface area contributed by atoms with Crippen LogP contribution in [0.25, 0.3) is 11.5 Å². The molecule has 0 bridgehead atoms. The zero-order valence-electron chi connectivity index (χ0n) is 9.91. The van der Waals surface area contributed by atoms with E-state index in [4.69, 9.17) is 16.0 Å². The lowest BCUT2D eigenvalue weighted by Gasteiger charge is -1.98. The molecule has 4 nitrogen and oxygen atoms in total. The van der Waals surface area contributed by atoms with Crippen molar-refractivity contribution < 1.29 is 4.42 Å². The van der Waals surface area contributed by atoms with E-state index in [0.717, 1.165) is 23.0 Å². The van der Waals surface area contributed by atoms with Gasteiger partial charge in [0, 0.05) is 15.1 Å². The Bertz CT molecular complexity index is 510. The van der Waals surface area contributed by atoms with Gasteiger partial charge in [0.05, 0.1) is 6.54 Å². The third-order valence-electron chi connectivity index (χ3n) is 2.28. The number of nitrogens with zero attached hydrogens (tertiary/aromatic N) is 2. The summed E-state index contributed by atoms with van der Waals surface area (Å²) in [6.45, 7) is 3.62. The molecule has 1 aromatic carbocycles. The molecule has 0 fully saturated rings. The average Bonchev–Trinajstić information content (AvgIpc) is 2.77. The molecule has 0 aliphatic carbocycles. The minimum atomic E-state index is 0.478. The maximum Gasteiger partial charge on any atom is 0.247 e. The highest BCUT2D eigenvalue weighted by Gasteiger charge is 2.09. The van der Waals surface area contributed by atoms with Gasteiger partial charge in [0.15, 0.2) is 0 Å². The summed E-state index contributed by atoms with van der Waals surface area (Å²) in [6.07, 6.45) is 1.07. The summed E-state index contributed by atoms with van der Waals surface area (Å²) >= 11 is 9.36. The molecule has 0 amide bonds. The van der Waals surface area contributed by atoms with Crippen LogP contribution in [0.15, 0.2) is 27.1 Å². The molecule has 0 saturated carbocycles. The lowest BCUT2D eigenvalue weighted by Crippen LogP contribution is -2.13. The number of hydrogen-bond donors (Lipinski definition) is 1. The van der Waals surface area contributed by atoms with Crippen molar-refractivity contribution in [2.45, 2.75) is 19.9 Å². The van der Waals surface area contributed by atoms with Crippen molar-refractivity contribution in [2.24, 2.45) is 0 Å². The van der Waals surface area contributed by atoms with E-state index in [0.29, 0.717) is 23.3 Å². The Morgan fingerprint density at radius 1 is 1.33 bits per heavy atom. The van der Waals surface area contributed by atoms with Crippen LogP contribution < -0.4 is 5.32 Å². The van der Waals surface area contributed by atoms with E-state index in [-0.39, 0.29) is 0 Å². The maximum atomic E-state index is 5.98. The van der Waals surface area contributed by atoms with E-state index in [2.05, 4.69) is 38.4 Å². The molecule has 0 atom stereocenters. The molecule has 1 heterocycles. The highest BCUT2D eigenvalue weighted by atomic mass is 79.9. The summed E-state index contributed by atoms with van der Waals surface area (Å²) in [5.74, 6) is 1.06. The first-order valence-corrected chi connectivity index (χ1v) is 6.85. The second-order valence-electron chi connectivity index (χ2n) is 3.84. The molecular weight excluding hydrogens is 318 g/mol. The van der Waals surface area contributed by atoms with Gasteiger partial charge in [-0.3, -0.25) is 0 Å². The molecule has 0 aliphatic rings. The first kappa shape index (κ1) is 13.5. The van der Waals surface area contributed by atoms with E-state index in [9.17, 15) is 0 Å². The van der Waals surface area contributed by atoms with Crippen molar-refractivity contribution in [3.8, 4) is 11.5 Å². The van der Waals surface area contributed by atoms with E-state index >= 15 is 0 Å². The molecule has 6 heteroatoms. The van der Waals surface area contributed by atoms with Crippen molar-refractivity contribution in [3.05, 3.63) is 33.6 Å². The molecule has 2 aromatic rings. The predicted octanol–water partition coefficient (Wildman–Crippen LogP) is 3.65. The zero-order valence-corrected chi connectivity index (χ0v) is 12.3. The topological polar surface area (TPSA) is 51.0 Å². The SMILES string of the molecule is CCCNCc1nnc(-c2cc(Cl)cc(Br)c2)o1. The molecular formula is C12H13BrClN3O. The Labute approximate surface area is 119 Å². The van der Waals surface area contributed by atoms with Gasteiger partial charge in [0.25, 0.3) is 0 Å². The van der Waals surface area contributed by atoms with Crippen LogP contribution in [0.3, 0.4) is 0 Å². The van der Waals surface area contributed by atoms with Crippen LogP contribution in [0, 0.1) is 0 Å². The Balaban J connectivity index is 2.13. The average molecular weight is 331 g/mol. The third kappa shape index (κ3) is 3.54. The van der Waals surface area contributed by atoms with Crippen LogP contribution in [0.1, 0.15) is 19.2 Å². The zero-order chi connectivity index (χ0) is 13.0. The molecule has 0 unspecified atom stereocenters. The fourth-order valence-corrected chi connectivity index (χ4v) is 2.35. The van der Waals surface area contributed by atoms with Crippen LogP contribution in [0.4, 0.5) is 0 Å². The van der Waals surface area contributed by atoms with Gasteiger partial charge >= 0.3 is 0 Å². The van der Waals surface area contributed by atoms with E-state index < -0.39 is 0 Å². The molecule has 96 valence electrons. The third-order valence-corrected chi connectivity index (χ3v) is 2.96. The Kier molecular flexibility index (Phi) is 4.74. The van der Waals surface area contributed by atoms with E-state index in [1.165, 1.54) is 0 Å². The van der Waals surface area contributed by atoms with Gasteiger partial charge in [-0.05, 0) is 31.2 Å². The summed E-state index contributed by atoms with van der Waals surface area (Å²) in [6, 6.07) is 5.50. The summed E-state index contributed by atoms with van der Waals surface area (Å²) in [5, 5.41) is 11.8. The molecule has 0 spiro atoms. The maximum absolute atomic E-state index is 5.98. The van der Waals surface area contributed by atoms with Gasteiger partial charge in [-0.1, -0.05) is 34.5 Å². The van der Waals surface area contributed by atoms with Gasteiger partial charge in [-0.2, -0.15) is 0 Å². The normalized spacial score (nSPS) is 10.8. The Morgan fingerprint density at radius 2 is 2.17 bits per heavy atom. The number of halogens is 2. The van der Waals surface area contributed by atoms with Gasteiger partial charge in [-0.25, -0.2) is 0 Å². The summed E-state index contributed by atoms with van der Waals surface area (Å²) in [4.78, 5) is 0. The fraction of sp³-hybridized carbons (Fsp3) is 0.333. The minimum Gasteiger partial charge on any atom is -0.419 e. The Morgan fingerprint density at radius 3 is 2.89 bits per heavy atom. The highest BCUT2D eigenvalue weighted by Crippen LogP contribution is 2.26. The molecule has 0 aliphatic heterocycles. The van der Waals surface area contributed by atoms with Crippen LogP contribution in [-0.4, -0.2) is 16.7 Å². The minimum absolute atomic E-state index is 0.478. The number of rotatable bonds is 5. The molecule has 1 N–H and O–H groups in total. The standard InChI is InChI=1S/C12H13BrClN3O/c1-2-3-15-7-11-16-17-12(18-11)8-4-9(13)6-10(14)5-8/h4-6,15H,2-3,7H2,1H3. The van der Waals surface area contributed by atoms with Gasteiger partial charge < -0.3 is 9.73 Å². The molecule has 1 aromatic heterocycles. The quantitative estimate of drug-likeness (QED) is 0.850. The number of aromatic nitrogens is 2. The van der Waals surface area contributed by atoms with Crippen molar-refractivity contribution in [2.75, 3.05) is 6.54 Å². The van der Waals surface area contributed by atoms with Crippen molar-refractivity contribution >= 4 is 27.5 Å². The van der Waals surface area contributed by atoms with Crippen LogP contribution in [-0.2, 0) is 6.54 Å². The van der Waals surface area contributed by atoms with Crippen molar-refractivity contribution in [1.29, 1.82) is 0 Å². The number of benzene rings is 1. The largest absolute Gasteiger partial charge is 0.419 e. The van der Waals surface area contributed by atoms with Gasteiger partial charge in [-0.15, -0.1) is 10.2 Å². The van der Waals surface area contributed by atoms with Crippen LogP contribution in [0.5, 0.6) is 0 Å². The molecule has 18 heavy (non-hydrogen) atoms. The Hall–Kier alpha value is -0.910. The van der Waals surface area contributed by atoms with Crippen LogP contribution in [0.2, 0.25) is 5.02 Å². The number of nitrogens with one attached hydrogen (secondary N) is 1. The molecule has 0 saturated heterocycles. The predicted molar refractivity (Wildman–Crippen MR) is 74.4 cm³/mol. The summed E-state index contributed by atoms with van der Waals surface area (Å²) < 4.78 is 6.45. The van der Waals surface area contributed by atoms with Crippen molar-refractivity contribution in [3.63, 3.8) is 0 Å². The summed E-state index contributed by atoms with van der Waals surface area (Å²) in [7, 11) is 0. The van der Waals surface area contributed by atoms with E-state index in [1.807, 2.05) is 12.1 Å². The van der Waals surface area contributed by atoms with Crippen LogP contribution >= 0.6 is 27.5 Å². The van der Waals surface area contributed by atoms with Gasteiger partial charge in [0.1, 0.15) is 0 Å². The second kappa shape index (κ2) is 6.31. The fourth-order valence-electron chi connectivity index (χ4n) is 1.49. The number of hydrogen-bond acceptors (Lipinski definition) is 4. The highest BCUT2D eigenvalue weighted by molar-refractivity contribution is 9.10. The van der Waals surface area contributed by atoms with Gasteiger partial charge in [0.2, 0.25) is 11.8 Å². The monoisotopic (exact) mass is 329 g/mol.